The van der Waals surface area contributed by atoms with Gasteiger partial charge in [-0.3, -0.25) is 0 Å². The van der Waals surface area contributed by atoms with E-state index >= 15 is 0 Å². The minimum atomic E-state index is -0.368. The van der Waals surface area contributed by atoms with E-state index in [1.807, 2.05) is 13.0 Å². The van der Waals surface area contributed by atoms with Crippen molar-refractivity contribution in [2.24, 2.45) is 5.92 Å². The summed E-state index contributed by atoms with van der Waals surface area (Å²) in [5.41, 5.74) is 8.94. The van der Waals surface area contributed by atoms with Crippen molar-refractivity contribution in [1.82, 2.24) is 0 Å². The van der Waals surface area contributed by atoms with Crippen molar-refractivity contribution < 1.29 is 9.53 Å². The molecule has 104 valence electrons. The number of piperidine rings is 1. The van der Waals surface area contributed by atoms with E-state index < -0.39 is 0 Å². The molecule has 1 aromatic carbocycles. The molecule has 0 atom stereocenters. The molecule has 0 saturated carbocycles. The van der Waals surface area contributed by atoms with Crippen molar-refractivity contribution in [3.63, 3.8) is 0 Å². The molecular formula is C15H22N2O2. The Labute approximate surface area is 114 Å². The van der Waals surface area contributed by atoms with Gasteiger partial charge in [-0.15, -0.1) is 0 Å². The van der Waals surface area contributed by atoms with Crippen molar-refractivity contribution in [3.05, 3.63) is 23.3 Å². The molecule has 1 heterocycles. The number of rotatable bonds is 2. The topological polar surface area (TPSA) is 55.6 Å². The van der Waals surface area contributed by atoms with Crippen LogP contribution in [0, 0.1) is 12.8 Å². The van der Waals surface area contributed by atoms with Gasteiger partial charge in [-0.05, 0) is 43.4 Å². The number of nitrogens with zero attached hydrogens (tertiary/aromatic N) is 1. The van der Waals surface area contributed by atoms with Gasteiger partial charge in [-0.1, -0.05) is 6.92 Å². The van der Waals surface area contributed by atoms with E-state index in [4.69, 9.17) is 10.5 Å². The first-order valence-electron chi connectivity index (χ1n) is 6.76. The Hall–Kier alpha value is -1.71. The third kappa shape index (κ3) is 2.83. The van der Waals surface area contributed by atoms with Crippen molar-refractivity contribution in [2.45, 2.75) is 26.7 Å². The number of hydrogen-bond acceptors (Lipinski definition) is 4. The molecule has 0 spiro atoms. The van der Waals surface area contributed by atoms with Crippen LogP contribution in [0.5, 0.6) is 0 Å². The Morgan fingerprint density at radius 3 is 2.58 bits per heavy atom. The molecule has 0 radical (unpaired) electrons. The summed E-state index contributed by atoms with van der Waals surface area (Å²) in [5, 5.41) is 0. The number of benzene rings is 1. The first-order chi connectivity index (χ1) is 9.02. The van der Waals surface area contributed by atoms with Gasteiger partial charge in [0.05, 0.1) is 12.7 Å². The molecule has 0 aliphatic carbocycles. The van der Waals surface area contributed by atoms with E-state index in [9.17, 15) is 4.79 Å². The molecule has 1 aromatic rings. The van der Waals surface area contributed by atoms with E-state index in [1.54, 1.807) is 0 Å². The Kier molecular flexibility index (Phi) is 3.98. The monoisotopic (exact) mass is 262 g/mol. The number of nitrogens with two attached hydrogens (primary N) is 1. The lowest BCUT2D eigenvalue weighted by Gasteiger charge is -2.32. The van der Waals surface area contributed by atoms with Crippen LogP contribution in [-0.4, -0.2) is 26.2 Å². The summed E-state index contributed by atoms with van der Waals surface area (Å²) >= 11 is 0. The highest BCUT2D eigenvalue weighted by molar-refractivity contribution is 5.97. The molecule has 4 nitrogen and oxygen atoms in total. The Morgan fingerprint density at radius 1 is 1.37 bits per heavy atom. The average molecular weight is 262 g/mol. The lowest BCUT2D eigenvalue weighted by Crippen LogP contribution is -2.33. The zero-order chi connectivity index (χ0) is 14.0. The van der Waals surface area contributed by atoms with E-state index in [0.717, 1.165) is 30.3 Å². The lowest BCUT2D eigenvalue weighted by molar-refractivity contribution is 0.0602. The molecule has 0 unspecified atom stereocenters. The number of carbonyl (C=O) groups excluding carboxylic acids is 1. The molecular weight excluding hydrogens is 240 g/mol. The predicted octanol–water partition coefficient (Wildman–Crippen LogP) is 2.60. The van der Waals surface area contributed by atoms with Crippen molar-refractivity contribution in [3.8, 4) is 0 Å². The highest BCUT2D eigenvalue weighted by Crippen LogP contribution is 2.29. The van der Waals surface area contributed by atoms with Gasteiger partial charge in [-0.25, -0.2) is 4.79 Å². The largest absolute Gasteiger partial charge is 0.465 e. The summed E-state index contributed by atoms with van der Waals surface area (Å²) in [5.74, 6) is 0.416. The van der Waals surface area contributed by atoms with E-state index in [1.165, 1.54) is 20.0 Å². The van der Waals surface area contributed by atoms with E-state index in [0.29, 0.717) is 11.3 Å². The van der Waals surface area contributed by atoms with Crippen LogP contribution in [-0.2, 0) is 4.74 Å². The molecule has 19 heavy (non-hydrogen) atoms. The van der Waals surface area contributed by atoms with Gasteiger partial charge in [0.1, 0.15) is 0 Å². The van der Waals surface area contributed by atoms with Crippen LogP contribution in [0.25, 0.3) is 0 Å². The molecule has 1 aliphatic rings. The van der Waals surface area contributed by atoms with Gasteiger partial charge in [0, 0.05) is 24.5 Å². The van der Waals surface area contributed by atoms with Crippen LogP contribution >= 0.6 is 0 Å². The Morgan fingerprint density at radius 2 is 2.00 bits per heavy atom. The average Bonchev–Trinajstić information content (AvgIpc) is 2.41. The Balaban J connectivity index is 2.31. The Bertz CT molecular complexity index is 477. The number of carbonyl (C=O) groups is 1. The SMILES string of the molecule is COC(=O)c1cc(N2CCC(C)CC2)cc(C)c1N. The van der Waals surface area contributed by atoms with Crippen LogP contribution in [0.2, 0.25) is 0 Å². The summed E-state index contributed by atoms with van der Waals surface area (Å²) in [6, 6.07) is 3.90. The molecule has 1 fully saturated rings. The van der Waals surface area contributed by atoms with Gasteiger partial charge >= 0.3 is 5.97 Å². The molecule has 1 aliphatic heterocycles. The predicted molar refractivity (Wildman–Crippen MR) is 77.5 cm³/mol. The van der Waals surface area contributed by atoms with Crippen LogP contribution in [0.3, 0.4) is 0 Å². The third-order valence-electron chi connectivity index (χ3n) is 3.93. The summed E-state index contributed by atoms with van der Waals surface area (Å²) in [6.07, 6.45) is 2.38. The van der Waals surface area contributed by atoms with Crippen molar-refractivity contribution in [2.75, 3.05) is 30.8 Å². The van der Waals surface area contributed by atoms with Gasteiger partial charge < -0.3 is 15.4 Å². The second-order valence-corrected chi connectivity index (χ2v) is 5.39. The maximum atomic E-state index is 11.8. The zero-order valence-electron chi connectivity index (χ0n) is 11.9. The first kappa shape index (κ1) is 13.7. The fourth-order valence-electron chi connectivity index (χ4n) is 2.51. The van der Waals surface area contributed by atoms with Crippen LogP contribution < -0.4 is 10.6 Å². The van der Waals surface area contributed by atoms with Gasteiger partial charge in [-0.2, -0.15) is 0 Å². The zero-order valence-corrected chi connectivity index (χ0v) is 11.9. The number of methoxy groups -OCH3 is 1. The number of esters is 1. The normalized spacial score (nSPS) is 16.5. The van der Waals surface area contributed by atoms with E-state index in [2.05, 4.69) is 17.9 Å². The minimum absolute atomic E-state index is 0.368. The van der Waals surface area contributed by atoms with Crippen LogP contribution in [0.15, 0.2) is 12.1 Å². The van der Waals surface area contributed by atoms with Gasteiger partial charge in [0.25, 0.3) is 0 Å². The summed E-state index contributed by atoms with van der Waals surface area (Å²) in [7, 11) is 1.38. The van der Waals surface area contributed by atoms with E-state index in [-0.39, 0.29) is 5.97 Å². The number of nitrogen functional groups attached to an aromatic ring is 1. The number of anilines is 2. The van der Waals surface area contributed by atoms with Crippen molar-refractivity contribution in [1.29, 1.82) is 0 Å². The quantitative estimate of drug-likeness (QED) is 0.657. The fraction of sp³-hybridized carbons (Fsp3) is 0.533. The minimum Gasteiger partial charge on any atom is -0.465 e. The fourth-order valence-corrected chi connectivity index (χ4v) is 2.51. The standard InChI is InChI=1S/C15H22N2O2/c1-10-4-6-17(7-5-10)12-8-11(2)14(16)13(9-12)15(18)19-3/h8-10H,4-7,16H2,1-3H3. The molecule has 0 amide bonds. The van der Waals surface area contributed by atoms with Crippen molar-refractivity contribution >= 4 is 17.3 Å². The van der Waals surface area contributed by atoms with Gasteiger partial charge in [0.15, 0.2) is 0 Å². The highest BCUT2D eigenvalue weighted by Gasteiger charge is 2.19. The summed E-state index contributed by atoms with van der Waals surface area (Å²) in [6.45, 7) is 6.28. The molecule has 2 rings (SSSR count). The molecule has 0 bridgehead atoms. The maximum absolute atomic E-state index is 11.8. The summed E-state index contributed by atoms with van der Waals surface area (Å²) in [4.78, 5) is 14.1. The first-order valence-corrected chi connectivity index (χ1v) is 6.76. The van der Waals surface area contributed by atoms with Crippen LogP contribution in [0.4, 0.5) is 11.4 Å². The van der Waals surface area contributed by atoms with Crippen LogP contribution in [0.1, 0.15) is 35.7 Å². The number of ether oxygens (including phenoxy) is 1. The highest BCUT2D eigenvalue weighted by atomic mass is 16.5. The number of aryl methyl sites for hydroxylation is 1. The molecule has 1 saturated heterocycles. The maximum Gasteiger partial charge on any atom is 0.340 e. The molecule has 0 aromatic heterocycles. The lowest BCUT2D eigenvalue weighted by atomic mass is 9.98. The number of hydrogen-bond donors (Lipinski definition) is 1. The third-order valence-corrected chi connectivity index (χ3v) is 3.93. The van der Waals surface area contributed by atoms with Gasteiger partial charge in [0.2, 0.25) is 0 Å². The summed E-state index contributed by atoms with van der Waals surface area (Å²) < 4.78 is 4.79. The smallest absolute Gasteiger partial charge is 0.340 e. The molecule has 2 N–H and O–H groups in total. The second-order valence-electron chi connectivity index (χ2n) is 5.39. The second kappa shape index (κ2) is 5.51. The molecule has 4 heteroatoms.